The van der Waals surface area contributed by atoms with Crippen LogP contribution < -0.4 is 5.32 Å². The summed E-state index contributed by atoms with van der Waals surface area (Å²) < 4.78 is 1.89. The van der Waals surface area contributed by atoms with Crippen LogP contribution in [0.2, 0.25) is 0 Å². The first-order valence-corrected chi connectivity index (χ1v) is 11.6. The lowest BCUT2D eigenvalue weighted by atomic mass is 9.95. The molecule has 1 N–H and O–H groups in total. The zero-order valence-corrected chi connectivity index (χ0v) is 19.8. The van der Waals surface area contributed by atoms with E-state index < -0.39 is 0 Å². The van der Waals surface area contributed by atoms with Gasteiger partial charge < -0.3 is 10.2 Å². The van der Waals surface area contributed by atoms with Crippen LogP contribution in [0.4, 0.5) is 0 Å². The van der Waals surface area contributed by atoms with E-state index in [9.17, 15) is 9.59 Å². The third-order valence-electron chi connectivity index (χ3n) is 6.42. The van der Waals surface area contributed by atoms with Gasteiger partial charge in [-0.15, -0.1) is 0 Å². The minimum atomic E-state index is -0.208. The summed E-state index contributed by atoms with van der Waals surface area (Å²) in [6.07, 6.45) is 3.44. The van der Waals surface area contributed by atoms with Gasteiger partial charge in [-0.3, -0.25) is 9.59 Å². The van der Waals surface area contributed by atoms with Gasteiger partial charge in [-0.25, -0.2) is 4.68 Å². The Morgan fingerprint density at radius 1 is 1.06 bits per heavy atom. The van der Waals surface area contributed by atoms with E-state index in [1.807, 2.05) is 85.9 Å². The Kier molecular flexibility index (Phi) is 6.63. The van der Waals surface area contributed by atoms with Crippen LogP contribution in [0.25, 0.3) is 5.69 Å². The monoisotopic (exact) mass is 444 g/mol. The predicted molar refractivity (Wildman–Crippen MR) is 129 cm³/mol. The van der Waals surface area contributed by atoms with E-state index in [-0.39, 0.29) is 23.8 Å². The number of amides is 2. The van der Waals surface area contributed by atoms with Gasteiger partial charge in [-0.2, -0.15) is 5.10 Å². The number of aromatic nitrogens is 2. The first kappa shape index (κ1) is 22.8. The van der Waals surface area contributed by atoms with Gasteiger partial charge in [0.15, 0.2) is 0 Å². The topological polar surface area (TPSA) is 67.2 Å². The summed E-state index contributed by atoms with van der Waals surface area (Å²) in [5.41, 5.74) is 5.84. The molecule has 2 aromatic carbocycles. The Bertz CT molecular complexity index is 1130. The van der Waals surface area contributed by atoms with E-state index in [0.29, 0.717) is 18.7 Å². The molecule has 1 saturated heterocycles. The molecule has 0 spiro atoms. The fraction of sp³-hybridized carbons (Fsp3) is 0.370. The first-order chi connectivity index (χ1) is 15.8. The molecule has 0 radical (unpaired) electrons. The number of nitrogens with one attached hydrogen (secondary N) is 1. The summed E-state index contributed by atoms with van der Waals surface area (Å²) in [5.74, 6) is -0.208. The highest BCUT2D eigenvalue weighted by molar-refractivity contribution is 5.95. The zero-order chi connectivity index (χ0) is 23.5. The van der Waals surface area contributed by atoms with Crippen molar-refractivity contribution in [2.45, 2.75) is 46.6 Å². The number of likely N-dealkylation sites (tertiary alicyclic amines) is 1. The zero-order valence-electron chi connectivity index (χ0n) is 19.8. The summed E-state index contributed by atoms with van der Waals surface area (Å²) in [7, 11) is 0. The Balaban J connectivity index is 1.42. The normalized spacial score (nSPS) is 17.0. The predicted octanol–water partition coefficient (Wildman–Crippen LogP) is 4.53. The van der Waals surface area contributed by atoms with Crippen LogP contribution in [0.3, 0.4) is 0 Å². The van der Waals surface area contributed by atoms with E-state index in [1.54, 1.807) is 0 Å². The summed E-state index contributed by atoms with van der Waals surface area (Å²) in [4.78, 5) is 28.0. The molecule has 0 bridgehead atoms. The third-order valence-corrected chi connectivity index (χ3v) is 6.42. The van der Waals surface area contributed by atoms with E-state index in [4.69, 9.17) is 0 Å². The van der Waals surface area contributed by atoms with E-state index in [2.05, 4.69) is 16.5 Å². The van der Waals surface area contributed by atoms with Crippen molar-refractivity contribution < 1.29 is 9.59 Å². The van der Waals surface area contributed by atoms with Crippen LogP contribution in [0.1, 0.15) is 58.5 Å². The van der Waals surface area contributed by atoms with Crippen molar-refractivity contribution in [1.82, 2.24) is 20.0 Å². The lowest BCUT2D eigenvalue weighted by Gasteiger charge is -2.33. The fourth-order valence-corrected chi connectivity index (χ4v) is 4.74. The number of hydrogen-bond acceptors (Lipinski definition) is 3. The average molecular weight is 445 g/mol. The van der Waals surface area contributed by atoms with Crippen LogP contribution in [0.15, 0.2) is 54.7 Å². The fourth-order valence-electron chi connectivity index (χ4n) is 4.74. The van der Waals surface area contributed by atoms with E-state index in [1.165, 1.54) is 0 Å². The number of hydrogen-bond donors (Lipinski definition) is 1. The van der Waals surface area contributed by atoms with Crippen molar-refractivity contribution >= 4 is 11.8 Å². The van der Waals surface area contributed by atoms with Crippen LogP contribution >= 0.6 is 0 Å². The second-order valence-corrected chi connectivity index (χ2v) is 9.13. The first-order valence-electron chi connectivity index (χ1n) is 11.6. The number of para-hydroxylation sites is 1. The minimum Gasteiger partial charge on any atom is -0.349 e. The molecule has 2 heterocycles. The van der Waals surface area contributed by atoms with Gasteiger partial charge in [-0.1, -0.05) is 35.4 Å². The highest BCUT2D eigenvalue weighted by atomic mass is 16.2. The van der Waals surface area contributed by atoms with Gasteiger partial charge in [0.1, 0.15) is 0 Å². The molecule has 2 unspecified atom stereocenters. The van der Waals surface area contributed by atoms with Crippen molar-refractivity contribution in [2.75, 3.05) is 13.1 Å². The third kappa shape index (κ3) is 5.00. The molecule has 2 atom stereocenters. The molecule has 1 aliphatic rings. The summed E-state index contributed by atoms with van der Waals surface area (Å²) in [5, 5.41) is 7.68. The maximum atomic E-state index is 13.1. The van der Waals surface area contributed by atoms with E-state index in [0.717, 1.165) is 40.9 Å². The van der Waals surface area contributed by atoms with Crippen molar-refractivity contribution in [1.29, 1.82) is 0 Å². The standard InChI is InChI=1S/C27H32N4O2/c1-18-13-19(2)15-23(14-18)27(33)30-12-8-9-22(17-30)26(32)29-20(3)25-16-28-31(21(25)4)24-10-6-5-7-11-24/h5-7,10-11,13-16,20,22H,8-9,12,17H2,1-4H3,(H,29,32). The molecule has 6 nitrogen and oxygen atoms in total. The molecule has 172 valence electrons. The van der Waals surface area contributed by atoms with Gasteiger partial charge >= 0.3 is 0 Å². The summed E-state index contributed by atoms with van der Waals surface area (Å²) in [6.45, 7) is 9.14. The average Bonchev–Trinajstić information content (AvgIpc) is 3.20. The molecule has 3 aromatic rings. The Hall–Kier alpha value is -3.41. The highest BCUT2D eigenvalue weighted by Crippen LogP contribution is 2.23. The molecular formula is C27H32N4O2. The van der Waals surface area contributed by atoms with Gasteiger partial charge in [0.05, 0.1) is 23.8 Å². The molecule has 1 aromatic heterocycles. The van der Waals surface area contributed by atoms with Gasteiger partial charge in [0.2, 0.25) is 5.91 Å². The Morgan fingerprint density at radius 3 is 2.45 bits per heavy atom. The molecular weight excluding hydrogens is 412 g/mol. The quantitative estimate of drug-likeness (QED) is 0.629. The lowest BCUT2D eigenvalue weighted by Crippen LogP contribution is -2.46. The van der Waals surface area contributed by atoms with Crippen molar-refractivity contribution in [2.24, 2.45) is 5.92 Å². The Labute approximate surface area is 195 Å². The molecule has 33 heavy (non-hydrogen) atoms. The maximum absolute atomic E-state index is 13.1. The van der Waals surface area contributed by atoms with Gasteiger partial charge in [0, 0.05) is 29.9 Å². The van der Waals surface area contributed by atoms with Crippen molar-refractivity contribution in [3.63, 3.8) is 0 Å². The van der Waals surface area contributed by atoms with Crippen molar-refractivity contribution in [3.05, 3.63) is 82.7 Å². The molecule has 6 heteroatoms. The number of nitrogens with zero attached hydrogens (tertiary/aromatic N) is 3. The number of carbonyl (C=O) groups excluding carboxylic acids is 2. The number of carbonyl (C=O) groups is 2. The van der Waals surface area contributed by atoms with Gasteiger partial charge in [-0.05, 0) is 64.8 Å². The SMILES string of the molecule is Cc1cc(C)cc(C(=O)N2CCCC(C(=O)NC(C)c3cnn(-c4ccccc4)c3C)C2)c1. The number of rotatable bonds is 5. The number of piperidine rings is 1. The lowest BCUT2D eigenvalue weighted by molar-refractivity contribution is -0.127. The molecule has 4 rings (SSSR count). The summed E-state index contributed by atoms with van der Waals surface area (Å²) >= 11 is 0. The second-order valence-electron chi connectivity index (χ2n) is 9.13. The minimum absolute atomic E-state index is 0.00679. The van der Waals surface area contributed by atoms with Crippen LogP contribution in [0.5, 0.6) is 0 Å². The molecule has 1 fully saturated rings. The molecule has 2 amide bonds. The molecule has 1 aliphatic heterocycles. The molecule has 0 aliphatic carbocycles. The van der Waals surface area contributed by atoms with Crippen LogP contribution in [-0.4, -0.2) is 39.6 Å². The summed E-state index contributed by atoms with van der Waals surface area (Å²) in [6, 6.07) is 15.7. The van der Waals surface area contributed by atoms with E-state index >= 15 is 0 Å². The largest absolute Gasteiger partial charge is 0.349 e. The molecule has 0 saturated carbocycles. The van der Waals surface area contributed by atoms with Crippen LogP contribution in [-0.2, 0) is 4.79 Å². The smallest absolute Gasteiger partial charge is 0.253 e. The number of benzene rings is 2. The maximum Gasteiger partial charge on any atom is 0.253 e. The van der Waals surface area contributed by atoms with Crippen LogP contribution in [0, 0.1) is 26.7 Å². The number of aryl methyl sites for hydroxylation is 2. The Morgan fingerprint density at radius 2 is 1.76 bits per heavy atom. The van der Waals surface area contributed by atoms with Crippen molar-refractivity contribution in [3.8, 4) is 5.69 Å². The van der Waals surface area contributed by atoms with Gasteiger partial charge in [0.25, 0.3) is 5.91 Å². The highest BCUT2D eigenvalue weighted by Gasteiger charge is 2.30. The second kappa shape index (κ2) is 9.61.